The molecule has 0 fully saturated rings. The van der Waals surface area contributed by atoms with E-state index in [1.165, 1.54) is 11.0 Å². The van der Waals surface area contributed by atoms with Crippen LogP contribution in [0, 0.1) is 0 Å². The van der Waals surface area contributed by atoms with E-state index in [2.05, 4.69) is 15.4 Å². The van der Waals surface area contributed by atoms with Crippen molar-refractivity contribution in [2.24, 2.45) is 7.05 Å². The van der Waals surface area contributed by atoms with Crippen LogP contribution in [0.4, 0.5) is 5.95 Å². The zero-order valence-electron chi connectivity index (χ0n) is 8.03. The van der Waals surface area contributed by atoms with Crippen LogP contribution >= 0.6 is 11.6 Å². The Labute approximate surface area is 87.5 Å². The summed E-state index contributed by atoms with van der Waals surface area (Å²) in [6.45, 7) is 0. The monoisotopic (exact) mass is 216 g/mol. The molecule has 0 saturated heterocycles. The number of aryl methyl sites for hydroxylation is 1. The summed E-state index contributed by atoms with van der Waals surface area (Å²) in [5, 5.41) is 6.49. The summed E-state index contributed by atoms with van der Waals surface area (Å²) < 4.78 is 1.51. The first-order valence-corrected chi connectivity index (χ1v) is 4.97. The molecule has 0 saturated carbocycles. The quantitative estimate of drug-likeness (QED) is 0.594. The van der Waals surface area contributed by atoms with Crippen LogP contribution in [-0.4, -0.2) is 26.6 Å². The Morgan fingerprint density at radius 3 is 3.00 bits per heavy atom. The predicted octanol–water partition coefficient (Wildman–Crippen LogP) is 1.16. The zero-order valence-corrected chi connectivity index (χ0v) is 8.79. The molecule has 5 nitrogen and oxygen atoms in total. The Kier molecular flexibility index (Phi) is 4.39. The second-order valence-corrected chi connectivity index (χ2v) is 3.28. The standard InChI is InChI=1S/C8H13ClN4O/c1-13-8(10-6-11-13)12-7(14)4-2-3-5-9/h6H,2-5H2,1H3,(H,10,11,12,14). The van der Waals surface area contributed by atoms with E-state index >= 15 is 0 Å². The SMILES string of the molecule is Cn1ncnc1NC(=O)CCCCCl. The van der Waals surface area contributed by atoms with Gasteiger partial charge in [0.25, 0.3) is 0 Å². The number of unbranched alkanes of at least 4 members (excludes halogenated alkanes) is 1. The number of amides is 1. The van der Waals surface area contributed by atoms with Crippen molar-refractivity contribution >= 4 is 23.5 Å². The first kappa shape index (κ1) is 11.0. The molecular formula is C8H13ClN4O. The van der Waals surface area contributed by atoms with Gasteiger partial charge in [-0.2, -0.15) is 10.1 Å². The van der Waals surface area contributed by atoms with Gasteiger partial charge in [0.1, 0.15) is 6.33 Å². The lowest BCUT2D eigenvalue weighted by molar-refractivity contribution is -0.116. The van der Waals surface area contributed by atoms with Crippen molar-refractivity contribution in [3.63, 3.8) is 0 Å². The van der Waals surface area contributed by atoms with E-state index in [-0.39, 0.29) is 5.91 Å². The minimum Gasteiger partial charge on any atom is -0.295 e. The van der Waals surface area contributed by atoms with Gasteiger partial charge in [-0.05, 0) is 12.8 Å². The summed E-state index contributed by atoms with van der Waals surface area (Å²) >= 11 is 5.49. The van der Waals surface area contributed by atoms with Crippen LogP contribution in [0.5, 0.6) is 0 Å². The van der Waals surface area contributed by atoms with Crippen LogP contribution in [0.1, 0.15) is 19.3 Å². The topological polar surface area (TPSA) is 59.8 Å². The number of alkyl halides is 1. The van der Waals surface area contributed by atoms with Crippen LogP contribution < -0.4 is 5.32 Å². The van der Waals surface area contributed by atoms with Gasteiger partial charge in [-0.25, -0.2) is 4.68 Å². The molecule has 78 valence electrons. The van der Waals surface area contributed by atoms with Gasteiger partial charge >= 0.3 is 0 Å². The minimum absolute atomic E-state index is 0.0498. The molecule has 0 unspecified atom stereocenters. The van der Waals surface area contributed by atoms with E-state index in [0.29, 0.717) is 18.2 Å². The van der Waals surface area contributed by atoms with E-state index in [4.69, 9.17) is 11.6 Å². The first-order chi connectivity index (χ1) is 6.74. The highest BCUT2D eigenvalue weighted by atomic mass is 35.5. The lowest BCUT2D eigenvalue weighted by Gasteiger charge is -2.02. The fourth-order valence-corrected chi connectivity index (χ4v) is 1.17. The Bertz CT molecular complexity index is 299. The third-order valence-corrected chi connectivity index (χ3v) is 2.02. The number of halogens is 1. The molecule has 1 rings (SSSR count). The van der Waals surface area contributed by atoms with Gasteiger partial charge in [0.2, 0.25) is 11.9 Å². The maximum absolute atomic E-state index is 11.3. The highest BCUT2D eigenvalue weighted by molar-refractivity contribution is 6.17. The van der Waals surface area contributed by atoms with E-state index < -0.39 is 0 Å². The maximum Gasteiger partial charge on any atom is 0.227 e. The lowest BCUT2D eigenvalue weighted by Crippen LogP contribution is -2.14. The number of rotatable bonds is 5. The van der Waals surface area contributed by atoms with Crippen molar-refractivity contribution in [2.75, 3.05) is 11.2 Å². The Morgan fingerprint density at radius 1 is 1.64 bits per heavy atom. The van der Waals surface area contributed by atoms with Gasteiger partial charge in [-0.3, -0.25) is 10.1 Å². The number of carbonyl (C=O) groups is 1. The molecule has 0 aliphatic carbocycles. The van der Waals surface area contributed by atoms with E-state index in [1.54, 1.807) is 7.05 Å². The lowest BCUT2D eigenvalue weighted by atomic mass is 10.2. The summed E-state index contributed by atoms with van der Waals surface area (Å²) in [6.07, 6.45) is 3.52. The summed E-state index contributed by atoms with van der Waals surface area (Å²) in [6, 6.07) is 0. The molecule has 0 aliphatic rings. The average Bonchev–Trinajstić information content (AvgIpc) is 2.52. The molecule has 14 heavy (non-hydrogen) atoms. The third-order valence-electron chi connectivity index (χ3n) is 1.75. The van der Waals surface area contributed by atoms with Crippen molar-refractivity contribution < 1.29 is 4.79 Å². The molecule has 0 radical (unpaired) electrons. The first-order valence-electron chi connectivity index (χ1n) is 4.44. The average molecular weight is 217 g/mol. The Hall–Kier alpha value is -1.10. The number of anilines is 1. The van der Waals surface area contributed by atoms with Gasteiger partial charge in [-0.1, -0.05) is 0 Å². The summed E-state index contributed by atoms with van der Waals surface area (Å²) in [5.74, 6) is 1.02. The summed E-state index contributed by atoms with van der Waals surface area (Å²) in [4.78, 5) is 15.2. The summed E-state index contributed by atoms with van der Waals surface area (Å²) in [7, 11) is 1.72. The number of carbonyl (C=O) groups excluding carboxylic acids is 1. The fourth-order valence-electron chi connectivity index (χ4n) is 0.977. The molecule has 1 aromatic rings. The predicted molar refractivity (Wildman–Crippen MR) is 54.2 cm³/mol. The van der Waals surface area contributed by atoms with Crippen LogP contribution in [0.25, 0.3) is 0 Å². The Morgan fingerprint density at radius 2 is 2.43 bits per heavy atom. The number of hydrogen-bond acceptors (Lipinski definition) is 3. The van der Waals surface area contributed by atoms with Crippen molar-refractivity contribution in [1.29, 1.82) is 0 Å². The van der Waals surface area contributed by atoms with Gasteiger partial charge in [0.05, 0.1) is 0 Å². The Balaban J connectivity index is 2.31. The molecule has 1 N–H and O–H groups in total. The second-order valence-electron chi connectivity index (χ2n) is 2.90. The fraction of sp³-hybridized carbons (Fsp3) is 0.625. The molecular weight excluding hydrogens is 204 g/mol. The highest BCUT2D eigenvalue weighted by Gasteiger charge is 2.05. The van der Waals surface area contributed by atoms with Crippen LogP contribution in [0.3, 0.4) is 0 Å². The normalized spacial score (nSPS) is 10.1. The van der Waals surface area contributed by atoms with E-state index in [9.17, 15) is 4.79 Å². The molecule has 0 atom stereocenters. The second kappa shape index (κ2) is 5.59. The van der Waals surface area contributed by atoms with Gasteiger partial charge in [0, 0.05) is 19.3 Å². The molecule has 0 spiro atoms. The van der Waals surface area contributed by atoms with Gasteiger partial charge < -0.3 is 0 Å². The smallest absolute Gasteiger partial charge is 0.227 e. The molecule has 0 aromatic carbocycles. The molecule has 6 heteroatoms. The molecule has 1 amide bonds. The minimum atomic E-state index is -0.0498. The van der Waals surface area contributed by atoms with Gasteiger partial charge in [-0.15, -0.1) is 11.6 Å². The van der Waals surface area contributed by atoms with Crippen molar-refractivity contribution in [2.45, 2.75) is 19.3 Å². The number of nitrogens with zero attached hydrogens (tertiary/aromatic N) is 3. The van der Waals surface area contributed by atoms with Crippen LogP contribution in [-0.2, 0) is 11.8 Å². The molecule has 1 heterocycles. The number of nitrogens with one attached hydrogen (secondary N) is 1. The van der Waals surface area contributed by atoms with Gasteiger partial charge in [0.15, 0.2) is 0 Å². The molecule has 1 aromatic heterocycles. The van der Waals surface area contributed by atoms with E-state index in [1.807, 2.05) is 0 Å². The molecule has 0 aliphatic heterocycles. The van der Waals surface area contributed by atoms with Crippen molar-refractivity contribution in [3.05, 3.63) is 6.33 Å². The van der Waals surface area contributed by atoms with Crippen LogP contribution in [0.15, 0.2) is 6.33 Å². The number of aromatic nitrogens is 3. The number of hydrogen-bond donors (Lipinski definition) is 1. The zero-order chi connectivity index (χ0) is 10.4. The summed E-state index contributed by atoms with van der Waals surface area (Å²) in [5.41, 5.74) is 0. The third kappa shape index (κ3) is 3.33. The van der Waals surface area contributed by atoms with Crippen molar-refractivity contribution in [3.8, 4) is 0 Å². The maximum atomic E-state index is 11.3. The van der Waals surface area contributed by atoms with Crippen LogP contribution in [0.2, 0.25) is 0 Å². The van der Waals surface area contributed by atoms with E-state index in [0.717, 1.165) is 12.8 Å². The largest absolute Gasteiger partial charge is 0.295 e. The molecule has 0 bridgehead atoms. The highest BCUT2D eigenvalue weighted by Crippen LogP contribution is 2.02. The van der Waals surface area contributed by atoms with Crippen molar-refractivity contribution in [1.82, 2.24) is 14.8 Å².